The molecule has 1 heterocycles. The molecule has 24 heavy (non-hydrogen) atoms. The second kappa shape index (κ2) is 6.41. The fourth-order valence-corrected chi connectivity index (χ4v) is 2.99. The van der Waals surface area contributed by atoms with Gasteiger partial charge >= 0.3 is 0 Å². The highest BCUT2D eigenvalue weighted by Crippen LogP contribution is 2.42. The number of halogens is 1. The van der Waals surface area contributed by atoms with Crippen LogP contribution in [0.25, 0.3) is 10.9 Å². The first-order valence-corrected chi connectivity index (χ1v) is 7.52. The lowest BCUT2D eigenvalue weighted by Crippen LogP contribution is -2.00. The number of nitrogens with zero attached hydrogens (tertiary/aromatic N) is 2. The van der Waals surface area contributed by atoms with Crippen molar-refractivity contribution in [1.82, 2.24) is 4.57 Å². The highest BCUT2D eigenvalue weighted by Gasteiger charge is 2.20. The van der Waals surface area contributed by atoms with Gasteiger partial charge in [-0.15, -0.1) is 4.91 Å². The van der Waals surface area contributed by atoms with Crippen molar-refractivity contribution in [3.05, 3.63) is 51.9 Å². The van der Waals surface area contributed by atoms with Gasteiger partial charge in [0, 0.05) is 0 Å². The van der Waals surface area contributed by atoms with Crippen molar-refractivity contribution in [2.45, 2.75) is 6.54 Å². The normalized spacial score (nSPS) is 10.8. The van der Waals surface area contributed by atoms with Crippen LogP contribution in [0.5, 0.6) is 17.4 Å². The summed E-state index contributed by atoms with van der Waals surface area (Å²) in [6, 6.07) is 10.6. The van der Waals surface area contributed by atoms with Crippen LogP contribution in [-0.4, -0.2) is 23.9 Å². The Hall–Kier alpha value is -2.73. The smallest absolute Gasteiger partial charge is 0.222 e. The van der Waals surface area contributed by atoms with E-state index in [1.54, 1.807) is 43.1 Å². The first kappa shape index (κ1) is 16.1. The van der Waals surface area contributed by atoms with Crippen LogP contribution in [0.3, 0.4) is 0 Å². The standard InChI is InChI=1S/C17H15ClN2O4/c1-23-13-7-6-10(8-14(13)24-2)9-20-12-5-3-4-11(18)15(12)16(19-22)17(20)21/h3-8,21H,9H2,1-2H3. The molecule has 0 fully saturated rings. The predicted molar refractivity (Wildman–Crippen MR) is 92.7 cm³/mol. The number of aromatic nitrogens is 1. The van der Waals surface area contributed by atoms with Crippen molar-refractivity contribution < 1.29 is 14.6 Å². The molecule has 1 N–H and O–H groups in total. The van der Waals surface area contributed by atoms with Crippen LogP contribution < -0.4 is 9.47 Å². The van der Waals surface area contributed by atoms with Gasteiger partial charge in [0.15, 0.2) is 17.2 Å². The Morgan fingerprint density at radius 1 is 1.17 bits per heavy atom. The Labute approximate surface area is 143 Å². The minimum atomic E-state index is -0.220. The zero-order valence-electron chi connectivity index (χ0n) is 13.1. The van der Waals surface area contributed by atoms with Gasteiger partial charge in [0.2, 0.25) is 5.88 Å². The molecule has 0 bridgehead atoms. The topological polar surface area (TPSA) is 73.0 Å². The summed E-state index contributed by atoms with van der Waals surface area (Å²) in [5.41, 5.74) is 1.43. The third-order valence-corrected chi connectivity index (χ3v) is 4.18. The Morgan fingerprint density at radius 2 is 1.92 bits per heavy atom. The number of methoxy groups -OCH3 is 2. The van der Waals surface area contributed by atoms with Crippen LogP contribution >= 0.6 is 11.6 Å². The maximum Gasteiger partial charge on any atom is 0.222 e. The molecule has 0 aliphatic heterocycles. The molecule has 0 spiro atoms. The second-order valence-corrected chi connectivity index (χ2v) is 5.58. The zero-order valence-corrected chi connectivity index (χ0v) is 13.9. The average Bonchev–Trinajstić information content (AvgIpc) is 2.87. The van der Waals surface area contributed by atoms with Gasteiger partial charge < -0.3 is 19.1 Å². The Balaban J connectivity index is 2.13. The molecule has 7 heteroatoms. The van der Waals surface area contributed by atoms with E-state index in [9.17, 15) is 10.0 Å². The lowest BCUT2D eigenvalue weighted by atomic mass is 10.2. The maximum atomic E-state index is 11.1. The molecular weight excluding hydrogens is 332 g/mol. The number of nitroso groups, excluding NO2 is 1. The molecule has 0 radical (unpaired) electrons. The fraction of sp³-hybridized carbons (Fsp3) is 0.176. The highest BCUT2D eigenvalue weighted by molar-refractivity contribution is 6.36. The van der Waals surface area contributed by atoms with Crippen molar-refractivity contribution in [2.24, 2.45) is 5.18 Å². The van der Waals surface area contributed by atoms with Crippen molar-refractivity contribution >= 4 is 28.2 Å². The third-order valence-electron chi connectivity index (χ3n) is 3.87. The van der Waals surface area contributed by atoms with Crippen LogP contribution in [0.15, 0.2) is 41.6 Å². The number of ether oxygens (including phenoxy) is 2. The van der Waals surface area contributed by atoms with E-state index in [1.807, 2.05) is 12.1 Å². The molecule has 0 atom stereocenters. The van der Waals surface area contributed by atoms with Crippen molar-refractivity contribution in [1.29, 1.82) is 0 Å². The molecule has 0 saturated heterocycles. The molecule has 6 nitrogen and oxygen atoms in total. The van der Waals surface area contributed by atoms with E-state index in [0.717, 1.165) is 5.56 Å². The summed E-state index contributed by atoms with van der Waals surface area (Å²) in [5, 5.41) is 14.1. The number of aromatic hydroxyl groups is 1. The Kier molecular flexibility index (Phi) is 4.31. The summed E-state index contributed by atoms with van der Waals surface area (Å²) >= 11 is 6.16. The van der Waals surface area contributed by atoms with Crippen molar-refractivity contribution in [2.75, 3.05) is 14.2 Å². The van der Waals surface area contributed by atoms with E-state index in [1.165, 1.54) is 0 Å². The minimum Gasteiger partial charge on any atom is -0.493 e. The molecule has 0 aliphatic rings. The monoisotopic (exact) mass is 346 g/mol. The van der Waals surface area contributed by atoms with Crippen LogP contribution in [-0.2, 0) is 6.54 Å². The first-order valence-electron chi connectivity index (χ1n) is 7.14. The van der Waals surface area contributed by atoms with E-state index < -0.39 is 0 Å². The first-order chi connectivity index (χ1) is 11.6. The molecule has 3 aromatic rings. The van der Waals surface area contributed by atoms with Crippen LogP contribution in [0, 0.1) is 4.91 Å². The number of hydrogen-bond acceptors (Lipinski definition) is 5. The summed E-state index contributed by atoms with van der Waals surface area (Å²) in [6.07, 6.45) is 0. The van der Waals surface area contributed by atoms with Crippen LogP contribution in [0.1, 0.15) is 5.56 Å². The molecule has 0 aliphatic carbocycles. The molecule has 1 aromatic heterocycles. The summed E-state index contributed by atoms with van der Waals surface area (Å²) in [5.74, 6) is 0.974. The molecule has 0 unspecified atom stereocenters. The van der Waals surface area contributed by atoms with Gasteiger partial charge in [-0.25, -0.2) is 0 Å². The molecule has 0 saturated carbocycles. The van der Waals surface area contributed by atoms with Crippen LogP contribution in [0.2, 0.25) is 5.02 Å². The zero-order chi connectivity index (χ0) is 17.3. The fourth-order valence-electron chi connectivity index (χ4n) is 2.73. The second-order valence-electron chi connectivity index (χ2n) is 5.17. The van der Waals surface area contributed by atoms with Gasteiger partial charge in [-0.2, -0.15) is 0 Å². The number of rotatable bonds is 5. The van der Waals surface area contributed by atoms with Gasteiger partial charge in [-0.1, -0.05) is 23.7 Å². The van der Waals surface area contributed by atoms with Gasteiger partial charge in [0.1, 0.15) is 0 Å². The van der Waals surface area contributed by atoms with Gasteiger partial charge in [-0.3, -0.25) is 0 Å². The number of benzene rings is 2. The summed E-state index contributed by atoms with van der Waals surface area (Å²) < 4.78 is 12.1. The van der Waals surface area contributed by atoms with E-state index in [0.29, 0.717) is 34.0 Å². The molecule has 3 rings (SSSR count). The molecular formula is C17H15ClN2O4. The maximum absolute atomic E-state index is 11.1. The number of hydrogen-bond donors (Lipinski definition) is 1. The van der Waals surface area contributed by atoms with Crippen molar-refractivity contribution in [3.63, 3.8) is 0 Å². The molecule has 0 amide bonds. The Bertz CT molecular complexity index is 921. The predicted octanol–water partition coefficient (Wildman–Crippen LogP) is 4.46. The van der Waals surface area contributed by atoms with Crippen molar-refractivity contribution in [3.8, 4) is 17.4 Å². The summed E-state index contributed by atoms with van der Waals surface area (Å²) in [6.45, 7) is 0.318. The van der Waals surface area contributed by atoms with Crippen LogP contribution in [0.4, 0.5) is 5.69 Å². The third kappa shape index (κ3) is 2.55. The lowest BCUT2D eigenvalue weighted by molar-refractivity contribution is 0.354. The van der Waals surface area contributed by atoms with Gasteiger partial charge in [0.25, 0.3) is 0 Å². The summed E-state index contributed by atoms with van der Waals surface area (Å²) in [7, 11) is 3.12. The average molecular weight is 347 g/mol. The SMILES string of the molecule is COc1ccc(Cn2c(O)c(N=O)c3c(Cl)cccc32)cc1OC. The van der Waals surface area contributed by atoms with E-state index >= 15 is 0 Å². The van der Waals surface area contributed by atoms with E-state index in [4.69, 9.17) is 21.1 Å². The summed E-state index contributed by atoms with van der Waals surface area (Å²) in [4.78, 5) is 11.1. The van der Waals surface area contributed by atoms with Gasteiger partial charge in [-0.05, 0) is 35.0 Å². The largest absolute Gasteiger partial charge is 0.493 e. The van der Waals surface area contributed by atoms with Gasteiger partial charge in [0.05, 0.1) is 36.7 Å². The quantitative estimate of drug-likeness (QED) is 0.692. The number of fused-ring (bicyclic) bond motifs is 1. The highest BCUT2D eigenvalue weighted by atomic mass is 35.5. The molecule has 124 valence electrons. The lowest BCUT2D eigenvalue weighted by Gasteiger charge is -2.11. The van der Waals surface area contributed by atoms with E-state index in [-0.39, 0.29) is 11.6 Å². The minimum absolute atomic E-state index is 0.0592. The van der Waals surface area contributed by atoms with E-state index in [2.05, 4.69) is 5.18 Å². The molecule has 2 aromatic carbocycles. The Morgan fingerprint density at radius 3 is 2.58 bits per heavy atom.